The third kappa shape index (κ3) is 3.21. The molecule has 11 heteroatoms. The highest BCUT2D eigenvalue weighted by Crippen LogP contribution is 2.32. The number of ether oxygens (including phenoxy) is 1. The minimum atomic E-state index is -1.25. The van der Waals surface area contributed by atoms with E-state index in [1.807, 2.05) is 13.8 Å². The number of hydrogen-bond donors (Lipinski definition) is 5. The lowest BCUT2D eigenvalue weighted by Gasteiger charge is -2.16. The second kappa shape index (κ2) is 7.50. The molecule has 0 aliphatic carbocycles. The summed E-state index contributed by atoms with van der Waals surface area (Å²) in [4.78, 5) is 12.6. The minimum Gasteiger partial charge on any atom is -0.394 e. The molecule has 3 rings (SSSR count). The van der Waals surface area contributed by atoms with Crippen LogP contribution in [0.15, 0.2) is 11.4 Å². The number of nitrogens with one attached hydrogen (secondary N) is 1. The van der Waals surface area contributed by atoms with Gasteiger partial charge in [-0.3, -0.25) is 4.57 Å². The summed E-state index contributed by atoms with van der Waals surface area (Å²) in [7, 11) is 0. The molecule has 0 aromatic carbocycles. The second-order valence-electron chi connectivity index (χ2n) is 5.98. The fourth-order valence-corrected chi connectivity index (χ4v) is 2.82. The zero-order chi connectivity index (χ0) is 18.8. The van der Waals surface area contributed by atoms with Crippen LogP contribution >= 0.6 is 0 Å². The Morgan fingerprint density at radius 1 is 1.31 bits per heavy atom. The molecule has 1 fully saturated rings. The van der Waals surface area contributed by atoms with Crippen LogP contribution in [0.3, 0.4) is 0 Å². The van der Waals surface area contributed by atoms with Crippen molar-refractivity contribution in [2.45, 2.75) is 51.2 Å². The van der Waals surface area contributed by atoms with E-state index in [9.17, 15) is 15.3 Å². The molecule has 142 valence electrons. The first-order chi connectivity index (χ1) is 12.5. The van der Waals surface area contributed by atoms with Gasteiger partial charge in [-0.15, -0.1) is 0 Å². The first kappa shape index (κ1) is 18.5. The molecule has 1 aliphatic rings. The van der Waals surface area contributed by atoms with Crippen LogP contribution in [0.25, 0.3) is 11.2 Å². The third-order valence-electron chi connectivity index (χ3n) is 4.37. The van der Waals surface area contributed by atoms with E-state index in [4.69, 9.17) is 10.5 Å². The number of nitrogens with two attached hydrogens (primary N) is 1. The van der Waals surface area contributed by atoms with Crippen LogP contribution in [0.1, 0.15) is 32.9 Å². The van der Waals surface area contributed by atoms with Gasteiger partial charge in [0.1, 0.15) is 23.8 Å². The lowest BCUT2D eigenvalue weighted by atomic mass is 10.1. The average molecular weight is 365 g/mol. The zero-order valence-corrected chi connectivity index (χ0v) is 14.6. The molecule has 3 heterocycles. The fraction of sp³-hybridized carbons (Fsp3) is 0.600. The van der Waals surface area contributed by atoms with Crippen LogP contribution in [-0.2, 0) is 4.74 Å². The molecule has 4 atom stereocenters. The Morgan fingerprint density at radius 2 is 2.04 bits per heavy atom. The Bertz CT molecular complexity index is 803. The fourth-order valence-electron chi connectivity index (χ4n) is 2.82. The number of hydrogen-bond acceptors (Lipinski definition) is 10. The van der Waals surface area contributed by atoms with Crippen LogP contribution in [0, 0.1) is 0 Å². The molecular formula is C15H23N7O4. The van der Waals surface area contributed by atoms with E-state index in [0.29, 0.717) is 11.2 Å². The number of nitrogens with zero attached hydrogens (tertiary/aromatic N) is 5. The standard InChI is InChI=1S/C15H23N7O4/c1-3-7(4-2)20-21-15-18-12(16)9-13(19-15)22(6-17-9)14-11(25)10(24)8(5-23)26-14/h6,8,10-11,14,23-25H,3-5H2,1-2H3,(H3,16,18,19,21)/t8-,10-,11-,14?/m1/s1. The SMILES string of the molecule is CCC(CC)=NNc1nc(N)c2ncn(C3O[C@H](CO)[C@@H](O)[C@H]3O)c2n1. The molecule has 6 N–H and O–H groups in total. The number of rotatable bonds is 6. The molecule has 0 amide bonds. The van der Waals surface area contributed by atoms with Gasteiger partial charge >= 0.3 is 0 Å². The highest BCUT2D eigenvalue weighted by atomic mass is 16.6. The van der Waals surface area contributed by atoms with Crippen molar-refractivity contribution in [1.29, 1.82) is 0 Å². The topological polar surface area (TPSA) is 164 Å². The molecule has 0 saturated carbocycles. The van der Waals surface area contributed by atoms with E-state index in [-0.39, 0.29) is 11.8 Å². The number of aliphatic hydroxyl groups is 3. The van der Waals surface area contributed by atoms with Crippen molar-refractivity contribution in [1.82, 2.24) is 19.5 Å². The number of hydrazone groups is 1. The number of aliphatic hydroxyl groups excluding tert-OH is 3. The van der Waals surface area contributed by atoms with Gasteiger partial charge in [0, 0.05) is 5.71 Å². The van der Waals surface area contributed by atoms with Gasteiger partial charge in [0.05, 0.1) is 12.9 Å². The highest BCUT2D eigenvalue weighted by molar-refractivity contribution is 5.85. The Hall–Kier alpha value is -2.34. The quantitative estimate of drug-likeness (QED) is 0.338. The average Bonchev–Trinajstić information content (AvgIpc) is 3.18. The van der Waals surface area contributed by atoms with Crippen molar-refractivity contribution < 1.29 is 20.1 Å². The summed E-state index contributed by atoms with van der Waals surface area (Å²) in [6.07, 6.45) is -1.34. The molecule has 1 saturated heterocycles. The number of anilines is 2. The van der Waals surface area contributed by atoms with E-state index in [1.165, 1.54) is 10.9 Å². The van der Waals surface area contributed by atoms with Gasteiger partial charge < -0.3 is 25.8 Å². The maximum Gasteiger partial charge on any atom is 0.247 e. The summed E-state index contributed by atoms with van der Waals surface area (Å²) in [5, 5.41) is 33.7. The largest absolute Gasteiger partial charge is 0.394 e. The molecule has 0 bridgehead atoms. The maximum atomic E-state index is 10.2. The van der Waals surface area contributed by atoms with Crippen LogP contribution in [0.2, 0.25) is 0 Å². The summed E-state index contributed by atoms with van der Waals surface area (Å²) in [5.74, 6) is 0.329. The minimum absolute atomic E-state index is 0.146. The molecule has 1 unspecified atom stereocenters. The number of nitrogen functional groups attached to an aromatic ring is 1. The molecule has 0 radical (unpaired) electrons. The zero-order valence-electron chi connectivity index (χ0n) is 14.6. The van der Waals surface area contributed by atoms with Gasteiger partial charge in [0.15, 0.2) is 17.7 Å². The van der Waals surface area contributed by atoms with Gasteiger partial charge in [-0.25, -0.2) is 10.4 Å². The van der Waals surface area contributed by atoms with Crippen LogP contribution in [0.5, 0.6) is 0 Å². The summed E-state index contributed by atoms with van der Waals surface area (Å²) in [6.45, 7) is 3.58. The van der Waals surface area contributed by atoms with Crippen molar-refractivity contribution in [2.24, 2.45) is 5.10 Å². The molecule has 1 aliphatic heterocycles. The van der Waals surface area contributed by atoms with Crippen LogP contribution in [-0.4, -0.2) is 65.5 Å². The van der Waals surface area contributed by atoms with Crippen molar-refractivity contribution >= 4 is 28.6 Å². The first-order valence-corrected chi connectivity index (χ1v) is 8.44. The Labute approximate surface area is 149 Å². The predicted octanol–water partition coefficient (Wildman–Crippen LogP) is -0.392. The Kier molecular flexibility index (Phi) is 5.32. The van der Waals surface area contributed by atoms with Gasteiger partial charge in [-0.1, -0.05) is 13.8 Å². The van der Waals surface area contributed by atoms with Crippen molar-refractivity contribution in [3.8, 4) is 0 Å². The second-order valence-corrected chi connectivity index (χ2v) is 5.98. The summed E-state index contributed by atoms with van der Waals surface area (Å²) >= 11 is 0. The van der Waals surface area contributed by atoms with Crippen LogP contribution < -0.4 is 11.2 Å². The summed E-state index contributed by atoms with van der Waals surface area (Å²) < 4.78 is 6.97. The summed E-state index contributed by atoms with van der Waals surface area (Å²) in [6, 6.07) is 0. The third-order valence-corrected chi connectivity index (χ3v) is 4.37. The Morgan fingerprint density at radius 3 is 2.65 bits per heavy atom. The van der Waals surface area contributed by atoms with E-state index >= 15 is 0 Å². The van der Waals surface area contributed by atoms with Gasteiger partial charge in [-0.05, 0) is 12.8 Å². The van der Waals surface area contributed by atoms with E-state index in [2.05, 4.69) is 25.5 Å². The molecule has 11 nitrogen and oxygen atoms in total. The molecule has 2 aromatic rings. The van der Waals surface area contributed by atoms with E-state index in [0.717, 1.165) is 18.6 Å². The highest BCUT2D eigenvalue weighted by Gasteiger charge is 2.44. The maximum absolute atomic E-state index is 10.2. The molecular weight excluding hydrogens is 342 g/mol. The lowest BCUT2D eigenvalue weighted by Crippen LogP contribution is -2.33. The van der Waals surface area contributed by atoms with Crippen LogP contribution in [0.4, 0.5) is 11.8 Å². The number of aromatic nitrogens is 4. The van der Waals surface area contributed by atoms with E-state index in [1.54, 1.807) is 0 Å². The molecule has 26 heavy (non-hydrogen) atoms. The Balaban J connectivity index is 1.97. The first-order valence-electron chi connectivity index (χ1n) is 8.44. The lowest BCUT2D eigenvalue weighted by molar-refractivity contribution is -0.0511. The van der Waals surface area contributed by atoms with Crippen molar-refractivity contribution in [3.63, 3.8) is 0 Å². The van der Waals surface area contributed by atoms with Gasteiger partial charge in [-0.2, -0.15) is 15.1 Å². The number of fused-ring (bicyclic) bond motifs is 1. The monoisotopic (exact) mass is 365 g/mol. The van der Waals surface area contributed by atoms with Crippen molar-refractivity contribution in [2.75, 3.05) is 17.8 Å². The predicted molar refractivity (Wildman–Crippen MR) is 94.4 cm³/mol. The van der Waals surface area contributed by atoms with Crippen molar-refractivity contribution in [3.05, 3.63) is 6.33 Å². The summed E-state index contributed by atoms with van der Waals surface area (Å²) in [5.41, 5.74) is 10.3. The number of imidazole rings is 1. The van der Waals surface area contributed by atoms with E-state index < -0.39 is 31.1 Å². The normalized spacial score (nSPS) is 25.6. The smallest absolute Gasteiger partial charge is 0.247 e. The van der Waals surface area contributed by atoms with Gasteiger partial charge in [0.2, 0.25) is 5.95 Å². The van der Waals surface area contributed by atoms with Gasteiger partial charge in [0.25, 0.3) is 0 Å². The molecule has 2 aromatic heterocycles. The molecule has 0 spiro atoms.